The number of hydrogen-bond acceptors (Lipinski definition) is 5. The number of carboxylic acids is 1. The lowest BCUT2D eigenvalue weighted by Crippen LogP contribution is -2.35. The number of rotatable bonds is 5. The highest BCUT2D eigenvalue weighted by atomic mass is 32.2. The summed E-state index contributed by atoms with van der Waals surface area (Å²) in [5.41, 5.74) is 1.15. The Balaban J connectivity index is 1.85. The summed E-state index contributed by atoms with van der Waals surface area (Å²) in [6.45, 7) is 0.258. The molecule has 1 aliphatic heterocycles. The summed E-state index contributed by atoms with van der Waals surface area (Å²) in [7, 11) is -2.38. The highest BCUT2D eigenvalue weighted by Crippen LogP contribution is 2.28. The van der Waals surface area contributed by atoms with Crippen molar-refractivity contribution in [1.82, 2.24) is 9.21 Å². The maximum atomic E-state index is 13.0. The molecule has 2 aromatic rings. The molecule has 0 unspecified atom stereocenters. The zero-order chi connectivity index (χ0) is 18.9. The van der Waals surface area contributed by atoms with Gasteiger partial charge in [-0.05, 0) is 41.6 Å². The van der Waals surface area contributed by atoms with Crippen molar-refractivity contribution in [2.24, 2.45) is 0 Å². The minimum Gasteiger partial charge on any atom is -0.480 e. The number of amides is 1. The lowest BCUT2D eigenvalue weighted by Gasteiger charge is -2.26. The third kappa shape index (κ3) is 3.64. The molecular weight excluding hydrogens is 376 g/mol. The Bertz CT molecular complexity index is 952. The van der Waals surface area contributed by atoms with Crippen molar-refractivity contribution < 1.29 is 23.1 Å². The second-order valence-electron chi connectivity index (χ2n) is 6.04. The lowest BCUT2D eigenvalue weighted by molar-refractivity contribution is -0.137. The minimum absolute atomic E-state index is 0.0331. The van der Waals surface area contributed by atoms with Crippen molar-refractivity contribution in [3.8, 4) is 0 Å². The largest absolute Gasteiger partial charge is 0.480 e. The second-order valence-corrected chi connectivity index (χ2v) is 8.98. The molecule has 3 rings (SSSR count). The van der Waals surface area contributed by atoms with Crippen molar-refractivity contribution in [3.63, 3.8) is 0 Å². The van der Waals surface area contributed by atoms with Crippen LogP contribution in [0.15, 0.2) is 40.6 Å². The molecule has 1 aliphatic rings. The number of carbonyl (C=O) groups is 2. The Morgan fingerprint density at radius 2 is 2.08 bits per heavy atom. The van der Waals surface area contributed by atoms with Crippen LogP contribution >= 0.6 is 11.3 Å². The smallest absolute Gasteiger partial charge is 0.323 e. The maximum Gasteiger partial charge on any atom is 0.323 e. The van der Waals surface area contributed by atoms with E-state index in [1.807, 2.05) is 11.4 Å². The first kappa shape index (κ1) is 18.6. The van der Waals surface area contributed by atoms with Crippen LogP contribution in [0.4, 0.5) is 0 Å². The van der Waals surface area contributed by atoms with Gasteiger partial charge in [0.25, 0.3) is 5.91 Å². The highest BCUT2D eigenvalue weighted by Gasteiger charge is 2.29. The molecule has 7 nitrogen and oxygen atoms in total. The summed E-state index contributed by atoms with van der Waals surface area (Å²) in [5.74, 6) is -1.67. The summed E-state index contributed by atoms with van der Waals surface area (Å²) in [6.07, 6.45) is 0.673. The van der Waals surface area contributed by atoms with E-state index in [9.17, 15) is 18.0 Å². The third-order valence-electron chi connectivity index (χ3n) is 4.21. The number of thiophene rings is 1. The molecule has 1 aromatic carbocycles. The Morgan fingerprint density at radius 3 is 2.81 bits per heavy atom. The standard InChI is InChI=1S/C17H18N2O5S2/c1-18(11-16(20)21)17(22)12-3-2-4-14(9-12)26(23,24)19-7-5-15-13(10-19)6-8-25-15/h2-4,6,8-9H,5,7,10-11H2,1H3,(H,20,21). The van der Waals surface area contributed by atoms with Crippen molar-refractivity contribution in [3.05, 3.63) is 51.7 Å². The van der Waals surface area contributed by atoms with E-state index in [1.165, 1.54) is 40.5 Å². The van der Waals surface area contributed by atoms with Gasteiger partial charge in [-0.3, -0.25) is 9.59 Å². The molecule has 1 N–H and O–H groups in total. The van der Waals surface area contributed by atoms with E-state index >= 15 is 0 Å². The topological polar surface area (TPSA) is 95.0 Å². The predicted molar refractivity (Wildman–Crippen MR) is 96.7 cm³/mol. The van der Waals surface area contributed by atoms with E-state index in [0.717, 1.165) is 10.5 Å². The summed E-state index contributed by atoms with van der Waals surface area (Å²) in [6, 6.07) is 7.66. The zero-order valence-corrected chi connectivity index (χ0v) is 15.7. The summed E-state index contributed by atoms with van der Waals surface area (Å²) >= 11 is 1.63. The fourth-order valence-corrected chi connectivity index (χ4v) is 5.22. The first-order valence-electron chi connectivity index (χ1n) is 7.92. The first-order chi connectivity index (χ1) is 12.3. The van der Waals surface area contributed by atoms with Gasteiger partial charge in [-0.2, -0.15) is 4.31 Å². The van der Waals surface area contributed by atoms with Crippen LogP contribution in [-0.4, -0.2) is 54.7 Å². The average molecular weight is 394 g/mol. The molecule has 0 bridgehead atoms. The zero-order valence-electron chi connectivity index (χ0n) is 14.1. The van der Waals surface area contributed by atoms with Crippen molar-refractivity contribution >= 4 is 33.2 Å². The van der Waals surface area contributed by atoms with Crippen LogP contribution < -0.4 is 0 Å². The summed E-state index contributed by atoms with van der Waals surface area (Å²) in [4.78, 5) is 25.4. The van der Waals surface area contributed by atoms with E-state index in [2.05, 4.69) is 0 Å². The Morgan fingerprint density at radius 1 is 1.31 bits per heavy atom. The number of aliphatic carboxylic acids is 1. The van der Waals surface area contributed by atoms with Gasteiger partial charge in [-0.1, -0.05) is 6.07 Å². The van der Waals surface area contributed by atoms with E-state index < -0.39 is 28.4 Å². The second kappa shape index (κ2) is 7.18. The van der Waals surface area contributed by atoms with Crippen LogP contribution in [0.2, 0.25) is 0 Å². The molecule has 0 atom stereocenters. The van der Waals surface area contributed by atoms with Crippen molar-refractivity contribution in [1.29, 1.82) is 0 Å². The minimum atomic E-state index is -3.74. The number of fused-ring (bicyclic) bond motifs is 1. The van der Waals surface area contributed by atoms with Crippen LogP contribution in [0.1, 0.15) is 20.8 Å². The highest BCUT2D eigenvalue weighted by molar-refractivity contribution is 7.89. The molecule has 0 spiro atoms. The van der Waals surface area contributed by atoms with Crippen LogP contribution in [-0.2, 0) is 27.8 Å². The van der Waals surface area contributed by atoms with Gasteiger partial charge in [0.2, 0.25) is 10.0 Å². The van der Waals surface area contributed by atoms with Gasteiger partial charge in [0.1, 0.15) is 6.54 Å². The van der Waals surface area contributed by atoms with Gasteiger partial charge in [-0.25, -0.2) is 8.42 Å². The number of carboxylic acid groups (broad SMARTS) is 1. The average Bonchev–Trinajstić information content (AvgIpc) is 3.08. The van der Waals surface area contributed by atoms with E-state index in [-0.39, 0.29) is 10.5 Å². The van der Waals surface area contributed by atoms with Crippen molar-refractivity contribution in [2.75, 3.05) is 20.1 Å². The normalized spacial score (nSPS) is 14.7. The number of likely N-dealkylation sites (N-methyl/N-ethyl adjacent to an activating group) is 1. The molecule has 0 saturated heterocycles. The van der Waals surface area contributed by atoms with Crippen LogP contribution in [0, 0.1) is 0 Å². The number of hydrogen-bond donors (Lipinski definition) is 1. The van der Waals surface area contributed by atoms with Gasteiger partial charge < -0.3 is 10.0 Å². The Kier molecular flexibility index (Phi) is 5.12. The molecule has 0 aliphatic carbocycles. The number of carbonyl (C=O) groups excluding carboxylic acids is 1. The maximum absolute atomic E-state index is 13.0. The summed E-state index contributed by atoms with van der Waals surface area (Å²) < 4.78 is 27.3. The molecule has 26 heavy (non-hydrogen) atoms. The number of sulfonamides is 1. The fourth-order valence-electron chi connectivity index (χ4n) is 2.86. The Hall–Kier alpha value is -2.23. The third-order valence-corrected chi connectivity index (χ3v) is 7.07. The van der Waals surface area contributed by atoms with E-state index in [0.29, 0.717) is 19.5 Å². The number of nitrogens with zero attached hydrogens (tertiary/aromatic N) is 2. The molecule has 2 heterocycles. The lowest BCUT2D eigenvalue weighted by atomic mass is 10.1. The van der Waals surface area contributed by atoms with E-state index in [4.69, 9.17) is 5.11 Å². The van der Waals surface area contributed by atoms with Crippen LogP contribution in [0.3, 0.4) is 0 Å². The molecule has 1 amide bonds. The monoisotopic (exact) mass is 394 g/mol. The van der Waals surface area contributed by atoms with Gasteiger partial charge >= 0.3 is 5.97 Å². The van der Waals surface area contributed by atoms with Gasteiger partial charge in [0, 0.05) is 30.6 Å². The molecule has 9 heteroatoms. The quantitative estimate of drug-likeness (QED) is 0.832. The molecular formula is C17H18N2O5S2. The SMILES string of the molecule is CN(CC(=O)O)C(=O)c1cccc(S(=O)(=O)N2CCc3sccc3C2)c1. The van der Waals surface area contributed by atoms with Crippen molar-refractivity contribution in [2.45, 2.75) is 17.9 Å². The predicted octanol–water partition coefficient (Wildman–Crippen LogP) is 1.65. The van der Waals surface area contributed by atoms with Gasteiger partial charge in [-0.15, -0.1) is 11.3 Å². The van der Waals surface area contributed by atoms with E-state index in [1.54, 1.807) is 11.3 Å². The van der Waals surface area contributed by atoms with Gasteiger partial charge in [0.05, 0.1) is 4.90 Å². The van der Waals surface area contributed by atoms with Crippen LogP contribution in [0.5, 0.6) is 0 Å². The molecule has 1 aromatic heterocycles. The first-order valence-corrected chi connectivity index (χ1v) is 10.2. The Labute approximate surface area is 155 Å². The summed E-state index contributed by atoms with van der Waals surface area (Å²) in [5, 5.41) is 10.8. The number of benzene rings is 1. The molecule has 0 radical (unpaired) electrons. The molecule has 0 fully saturated rings. The molecule has 0 saturated carbocycles. The molecule has 138 valence electrons. The van der Waals surface area contributed by atoms with Gasteiger partial charge in [0.15, 0.2) is 0 Å². The fraction of sp³-hybridized carbons (Fsp3) is 0.294. The van der Waals surface area contributed by atoms with Crippen LogP contribution in [0.25, 0.3) is 0 Å².